The number of carbonyl (C=O) groups is 1. The second-order valence-corrected chi connectivity index (χ2v) is 6.57. The fourth-order valence-electron chi connectivity index (χ4n) is 1.79. The Morgan fingerprint density at radius 2 is 1.88 bits per heavy atom. The number of rotatable bonds is 2. The molecule has 88 valence electrons. The summed E-state index contributed by atoms with van der Waals surface area (Å²) >= 11 is 5.82. The molecule has 1 aromatic rings. The third-order valence-corrected chi connectivity index (χ3v) is 5.60. The quantitative estimate of drug-likeness (QED) is 0.819. The predicted octanol–water partition coefficient (Wildman–Crippen LogP) is 1.74. The van der Waals surface area contributed by atoms with Crippen molar-refractivity contribution in [3.05, 3.63) is 29.3 Å². The maximum absolute atomic E-state index is 12.3. The Bertz CT molecular complexity index is 622. The molecule has 1 saturated carbocycles. The van der Waals surface area contributed by atoms with Crippen molar-refractivity contribution < 1.29 is 13.2 Å². The second kappa shape index (κ2) is 3.83. The van der Waals surface area contributed by atoms with Gasteiger partial charge in [-0.25, -0.2) is 8.42 Å². The fraction of sp³-hybridized carbons (Fsp3) is 0.273. The van der Waals surface area contributed by atoms with E-state index in [4.69, 9.17) is 16.9 Å². The SMILES string of the molecule is N#CC1(S(=O)(=O)c2ccccc2Cl)CC(=O)C1. The van der Waals surface area contributed by atoms with Gasteiger partial charge in [-0.1, -0.05) is 23.7 Å². The zero-order valence-electron chi connectivity index (χ0n) is 8.68. The molecule has 6 heteroatoms. The van der Waals surface area contributed by atoms with Gasteiger partial charge >= 0.3 is 0 Å². The standard InChI is InChI=1S/C11H8ClNO3S/c12-9-3-1-2-4-10(9)17(15,16)11(7-13)5-8(14)6-11/h1-4H,5-6H2. The molecule has 1 aromatic carbocycles. The first kappa shape index (κ1) is 12.1. The second-order valence-electron chi connectivity index (χ2n) is 3.93. The van der Waals surface area contributed by atoms with Crippen LogP contribution in [0.25, 0.3) is 0 Å². The Labute approximate surface area is 104 Å². The molecule has 2 rings (SSSR count). The number of Topliss-reactive ketones (excluding diaryl/α,β-unsaturated/α-hetero) is 1. The van der Waals surface area contributed by atoms with E-state index in [9.17, 15) is 13.2 Å². The number of sulfone groups is 1. The van der Waals surface area contributed by atoms with E-state index in [0.717, 1.165) is 0 Å². The van der Waals surface area contributed by atoms with Crippen LogP contribution in [0.1, 0.15) is 12.8 Å². The van der Waals surface area contributed by atoms with Crippen LogP contribution in [0.4, 0.5) is 0 Å². The van der Waals surface area contributed by atoms with Crippen molar-refractivity contribution >= 4 is 27.2 Å². The summed E-state index contributed by atoms with van der Waals surface area (Å²) in [6, 6.07) is 7.67. The summed E-state index contributed by atoms with van der Waals surface area (Å²) in [6.07, 6.45) is -0.506. The van der Waals surface area contributed by atoms with Gasteiger partial charge in [0, 0.05) is 12.8 Å². The number of nitriles is 1. The van der Waals surface area contributed by atoms with Gasteiger partial charge in [-0.2, -0.15) is 5.26 Å². The average molecular weight is 270 g/mol. The van der Waals surface area contributed by atoms with Gasteiger partial charge < -0.3 is 0 Å². The first-order valence-electron chi connectivity index (χ1n) is 4.85. The predicted molar refractivity (Wildman–Crippen MR) is 61.2 cm³/mol. The van der Waals surface area contributed by atoms with E-state index in [2.05, 4.69) is 0 Å². The van der Waals surface area contributed by atoms with E-state index in [-0.39, 0.29) is 28.5 Å². The first-order valence-corrected chi connectivity index (χ1v) is 6.71. The molecule has 1 aliphatic rings. The summed E-state index contributed by atoms with van der Waals surface area (Å²) in [5, 5.41) is 9.09. The maximum atomic E-state index is 12.3. The van der Waals surface area contributed by atoms with Crippen LogP contribution in [0.5, 0.6) is 0 Å². The first-order chi connectivity index (χ1) is 7.93. The number of hydrogen-bond acceptors (Lipinski definition) is 4. The highest BCUT2D eigenvalue weighted by molar-refractivity contribution is 7.93. The van der Waals surface area contributed by atoms with Crippen molar-refractivity contribution in [2.75, 3.05) is 0 Å². The summed E-state index contributed by atoms with van der Waals surface area (Å²) in [7, 11) is -3.89. The highest BCUT2D eigenvalue weighted by Crippen LogP contribution is 2.41. The Balaban J connectivity index is 2.56. The molecular weight excluding hydrogens is 262 g/mol. The lowest BCUT2D eigenvalue weighted by molar-refractivity contribution is -0.124. The van der Waals surface area contributed by atoms with Crippen LogP contribution in [0.2, 0.25) is 5.02 Å². The van der Waals surface area contributed by atoms with E-state index in [1.165, 1.54) is 18.2 Å². The molecule has 17 heavy (non-hydrogen) atoms. The van der Waals surface area contributed by atoms with E-state index in [1.807, 2.05) is 0 Å². The van der Waals surface area contributed by atoms with Gasteiger partial charge in [0.1, 0.15) is 5.78 Å². The molecule has 0 atom stereocenters. The zero-order chi connectivity index (χ0) is 12.7. The summed E-state index contributed by atoms with van der Waals surface area (Å²) in [4.78, 5) is 10.9. The van der Waals surface area contributed by atoms with E-state index < -0.39 is 14.6 Å². The molecule has 1 aliphatic carbocycles. The van der Waals surface area contributed by atoms with Crippen LogP contribution < -0.4 is 0 Å². The van der Waals surface area contributed by atoms with Crippen LogP contribution in [-0.2, 0) is 14.6 Å². The van der Waals surface area contributed by atoms with Crippen molar-refractivity contribution in [3.8, 4) is 6.07 Å². The molecule has 0 N–H and O–H groups in total. The van der Waals surface area contributed by atoms with E-state index in [1.54, 1.807) is 12.1 Å². The smallest absolute Gasteiger partial charge is 0.199 e. The molecule has 0 radical (unpaired) electrons. The number of ketones is 1. The molecule has 0 unspecified atom stereocenters. The van der Waals surface area contributed by atoms with Crippen LogP contribution in [0.3, 0.4) is 0 Å². The zero-order valence-corrected chi connectivity index (χ0v) is 10.3. The number of nitrogens with zero attached hydrogens (tertiary/aromatic N) is 1. The number of hydrogen-bond donors (Lipinski definition) is 0. The minimum absolute atomic E-state index is 0.0708. The lowest BCUT2D eigenvalue weighted by Gasteiger charge is -2.33. The molecule has 0 amide bonds. The monoisotopic (exact) mass is 269 g/mol. The summed E-state index contributed by atoms with van der Waals surface area (Å²) < 4.78 is 22.9. The Morgan fingerprint density at radius 1 is 1.29 bits per heavy atom. The molecule has 0 aromatic heterocycles. The number of benzene rings is 1. The van der Waals surface area contributed by atoms with E-state index >= 15 is 0 Å². The maximum Gasteiger partial charge on any atom is 0.199 e. The normalized spacial score (nSPS) is 18.2. The minimum Gasteiger partial charge on any atom is -0.300 e. The third-order valence-electron chi connectivity index (χ3n) is 2.81. The molecular formula is C11H8ClNO3S. The summed E-state index contributed by atoms with van der Waals surface area (Å²) in [5.41, 5.74) is 0. The van der Waals surface area contributed by atoms with Crippen molar-refractivity contribution in [2.45, 2.75) is 22.5 Å². The highest BCUT2D eigenvalue weighted by atomic mass is 35.5. The average Bonchev–Trinajstić information content (AvgIpc) is 2.24. The van der Waals surface area contributed by atoms with Crippen LogP contribution in [0, 0.1) is 11.3 Å². The summed E-state index contributed by atoms with van der Waals surface area (Å²) in [5.74, 6) is -0.220. The summed E-state index contributed by atoms with van der Waals surface area (Å²) in [6.45, 7) is 0. The van der Waals surface area contributed by atoms with E-state index in [0.29, 0.717) is 0 Å². The van der Waals surface area contributed by atoms with Crippen LogP contribution in [-0.4, -0.2) is 18.9 Å². The van der Waals surface area contributed by atoms with Crippen molar-refractivity contribution in [1.29, 1.82) is 5.26 Å². The Morgan fingerprint density at radius 3 is 2.35 bits per heavy atom. The molecule has 0 spiro atoms. The van der Waals surface area contributed by atoms with Gasteiger partial charge in [0.15, 0.2) is 14.6 Å². The Hall–Kier alpha value is -1.38. The largest absolute Gasteiger partial charge is 0.300 e. The molecule has 0 saturated heterocycles. The van der Waals surface area contributed by atoms with Gasteiger partial charge in [-0.05, 0) is 12.1 Å². The highest BCUT2D eigenvalue weighted by Gasteiger charge is 2.55. The molecule has 0 bridgehead atoms. The molecule has 0 aliphatic heterocycles. The lowest BCUT2D eigenvalue weighted by Crippen LogP contribution is -2.49. The molecule has 1 fully saturated rings. The van der Waals surface area contributed by atoms with Gasteiger partial charge in [0.05, 0.1) is 16.0 Å². The topological polar surface area (TPSA) is 75.0 Å². The molecule has 4 nitrogen and oxygen atoms in total. The van der Waals surface area contributed by atoms with Gasteiger partial charge in [0.25, 0.3) is 0 Å². The van der Waals surface area contributed by atoms with Gasteiger partial charge in [-0.3, -0.25) is 4.79 Å². The minimum atomic E-state index is -3.89. The van der Waals surface area contributed by atoms with Gasteiger partial charge in [0.2, 0.25) is 0 Å². The van der Waals surface area contributed by atoms with Crippen molar-refractivity contribution in [2.24, 2.45) is 0 Å². The van der Waals surface area contributed by atoms with Crippen LogP contribution in [0.15, 0.2) is 29.2 Å². The fourth-order valence-corrected chi connectivity index (χ4v) is 4.05. The number of halogens is 1. The Kier molecular flexibility index (Phi) is 2.72. The van der Waals surface area contributed by atoms with Gasteiger partial charge in [-0.15, -0.1) is 0 Å². The molecule has 0 heterocycles. The lowest BCUT2D eigenvalue weighted by atomic mass is 9.84. The number of carbonyl (C=O) groups excluding carboxylic acids is 1. The van der Waals surface area contributed by atoms with Crippen molar-refractivity contribution in [3.63, 3.8) is 0 Å². The third kappa shape index (κ3) is 1.65. The van der Waals surface area contributed by atoms with Crippen LogP contribution >= 0.6 is 11.6 Å². The van der Waals surface area contributed by atoms with Crippen molar-refractivity contribution in [1.82, 2.24) is 0 Å².